The van der Waals surface area contributed by atoms with Crippen molar-refractivity contribution in [2.45, 2.75) is 46.0 Å². The highest BCUT2D eigenvalue weighted by atomic mass is 15.1. The van der Waals surface area contributed by atoms with Crippen LogP contribution in [0.15, 0.2) is 12.3 Å². The standard InChI is InChI=1S/C16H28N4/c1-4-5-10-20-11-6-8-16(2,13-20)12-15-18-9-7-14(17-3)19-15/h7,9H,4-6,8,10-13H2,1-3H3,(H,17,18,19). The van der Waals surface area contributed by atoms with Crippen LogP contribution in [0.5, 0.6) is 0 Å². The predicted octanol–water partition coefficient (Wildman–Crippen LogP) is 2.96. The van der Waals surface area contributed by atoms with Crippen LogP contribution in [0, 0.1) is 5.41 Å². The molecule has 2 heterocycles. The smallest absolute Gasteiger partial charge is 0.131 e. The monoisotopic (exact) mass is 276 g/mol. The minimum Gasteiger partial charge on any atom is -0.373 e. The van der Waals surface area contributed by atoms with Gasteiger partial charge in [0.2, 0.25) is 0 Å². The van der Waals surface area contributed by atoms with E-state index in [1.807, 2.05) is 19.3 Å². The van der Waals surface area contributed by atoms with Gasteiger partial charge in [0.1, 0.15) is 11.6 Å². The van der Waals surface area contributed by atoms with Gasteiger partial charge < -0.3 is 10.2 Å². The van der Waals surface area contributed by atoms with Gasteiger partial charge in [-0.25, -0.2) is 9.97 Å². The number of rotatable bonds is 6. The van der Waals surface area contributed by atoms with E-state index in [-0.39, 0.29) is 0 Å². The van der Waals surface area contributed by atoms with E-state index in [1.165, 1.54) is 45.3 Å². The molecular weight excluding hydrogens is 248 g/mol. The van der Waals surface area contributed by atoms with Gasteiger partial charge in [-0.3, -0.25) is 0 Å². The number of piperidine rings is 1. The summed E-state index contributed by atoms with van der Waals surface area (Å²) < 4.78 is 0. The van der Waals surface area contributed by atoms with Crippen molar-refractivity contribution < 1.29 is 0 Å². The molecular formula is C16H28N4. The van der Waals surface area contributed by atoms with Crippen LogP contribution >= 0.6 is 0 Å². The third-order valence-corrected chi connectivity index (χ3v) is 4.23. The number of nitrogens with one attached hydrogen (secondary N) is 1. The Kier molecular flexibility index (Phi) is 5.35. The Morgan fingerprint density at radius 1 is 1.45 bits per heavy atom. The summed E-state index contributed by atoms with van der Waals surface area (Å²) in [7, 11) is 1.90. The Morgan fingerprint density at radius 2 is 2.30 bits per heavy atom. The first-order valence-electron chi connectivity index (χ1n) is 7.87. The fourth-order valence-electron chi connectivity index (χ4n) is 3.15. The zero-order chi connectivity index (χ0) is 14.4. The number of hydrogen-bond acceptors (Lipinski definition) is 4. The van der Waals surface area contributed by atoms with E-state index in [9.17, 15) is 0 Å². The van der Waals surface area contributed by atoms with Crippen molar-refractivity contribution >= 4 is 5.82 Å². The van der Waals surface area contributed by atoms with Crippen LogP contribution < -0.4 is 5.32 Å². The average Bonchev–Trinajstić information content (AvgIpc) is 2.45. The molecule has 1 saturated heterocycles. The maximum atomic E-state index is 4.58. The molecule has 0 saturated carbocycles. The van der Waals surface area contributed by atoms with Crippen LogP contribution in [0.3, 0.4) is 0 Å². The minimum absolute atomic E-state index is 0.318. The van der Waals surface area contributed by atoms with Gasteiger partial charge in [-0.15, -0.1) is 0 Å². The highest BCUT2D eigenvalue weighted by molar-refractivity contribution is 5.31. The lowest BCUT2D eigenvalue weighted by Gasteiger charge is -2.40. The second-order valence-electron chi connectivity index (χ2n) is 6.33. The Hall–Kier alpha value is -1.16. The largest absolute Gasteiger partial charge is 0.373 e. The molecule has 1 atom stereocenters. The van der Waals surface area contributed by atoms with Crippen molar-refractivity contribution in [2.24, 2.45) is 5.41 Å². The lowest BCUT2D eigenvalue weighted by molar-refractivity contribution is 0.0999. The third-order valence-electron chi connectivity index (χ3n) is 4.23. The first kappa shape index (κ1) is 15.2. The molecule has 1 aliphatic rings. The number of aromatic nitrogens is 2. The van der Waals surface area contributed by atoms with E-state index < -0.39 is 0 Å². The molecule has 1 aromatic heterocycles. The molecule has 112 valence electrons. The van der Waals surface area contributed by atoms with Gasteiger partial charge in [-0.1, -0.05) is 20.3 Å². The molecule has 1 fully saturated rings. The van der Waals surface area contributed by atoms with E-state index in [1.54, 1.807) is 0 Å². The van der Waals surface area contributed by atoms with E-state index in [2.05, 4.69) is 34.0 Å². The molecule has 1 aliphatic heterocycles. The van der Waals surface area contributed by atoms with Gasteiger partial charge in [-0.2, -0.15) is 0 Å². The first-order chi connectivity index (χ1) is 9.65. The summed E-state index contributed by atoms with van der Waals surface area (Å²) in [5.41, 5.74) is 0.318. The molecule has 20 heavy (non-hydrogen) atoms. The normalized spacial score (nSPS) is 23.8. The van der Waals surface area contributed by atoms with Crippen LogP contribution in [0.2, 0.25) is 0 Å². The maximum Gasteiger partial charge on any atom is 0.131 e. The van der Waals surface area contributed by atoms with E-state index >= 15 is 0 Å². The van der Waals surface area contributed by atoms with Crippen molar-refractivity contribution in [1.82, 2.24) is 14.9 Å². The van der Waals surface area contributed by atoms with Gasteiger partial charge in [0.25, 0.3) is 0 Å². The van der Waals surface area contributed by atoms with Crippen molar-refractivity contribution in [3.63, 3.8) is 0 Å². The Morgan fingerprint density at radius 3 is 3.05 bits per heavy atom. The number of nitrogens with zero attached hydrogens (tertiary/aromatic N) is 3. The Bertz CT molecular complexity index is 421. The molecule has 0 bridgehead atoms. The van der Waals surface area contributed by atoms with Gasteiger partial charge in [0, 0.05) is 26.2 Å². The second kappa shape index (κ2) is 7.02. The second-order valence-corrected chi connectivity index (χ2v) is 6.33. The summed E-state index contributed by atoms with van der Waals surface area (Å²) in [5.74, 6) is 1.88. The molecule has 1 N–H and O–H groups in total. The quantitative estimate of drug-likeness (QED) is 0.867. The molecule has 1 unspecified atom stereocenters. The number of unbranched alkanes of at least 4 members (excludes halogenated alkanes) is 1. The molecule has 0 spiro atoms. The Labute approximate surface area is 123 Å². The third kappa shape index (κ3) is 4.17. The lowest BCUT2D eigenvalue weighted by Crippen LogP contribution is -2.43. The van der Waals surface area contributed by atoms with Crippen LogP contribution in [0.4, 0.5) is 5.82 Å². The fraction of sp³-hybridized carbons (Fsp3) is 0.750. The summed E-state index contributed by atoms with van der Waals surface area (Å²) in [5, 5.41) is 3.09. The molecule has 2 rings (SSSR count). The van der Waals surface area contributed by atoms with E-state index in [4.69, 9.17) is 0 Å². The molecule has 0 amide bonds. The van der Waals surface area contributed by atoms with Gasteiger partial charge >= 0.3 is 0 Å². The summed E-state index contributed by atoms with van der Waals surface area (Å²) in [4.78, 5) is 11.6. The van der Waals surface area contributed by atoms with Gasteiger partial charge in [0.15, 0.2) is 0 Å². The maximum absolute atomic E-state index is 4.58. The minimum atomic E-state index is 0.318. The van der Waals surface area contributed by atoms with Gasteiger partial charge in [0.05, 0.1) is 0 Å². The van der Waals surface area contributed by atoms with Crippen LogP contribution in [-0.2, 0) is 6.42 Å². The van der Waals surface area contributed by atoms with E-state index in [0.29, 0.717) is 5.41 Å². The molecule has 4 nitrogen and oxygen atoms in total. The fourth-order valence-corrected chi connectivity index (χ4v) is 3.15. The Balaban J connectivity index is 1.98. The highest BCUT2D eigenvalue weighted by Crippen LogP contribution is 2.32. The van der Waals surface area contributed by atoms with Crippen molar-refractivity contribution in [3.05, 3.63) is 18.1 Å². The van der Waals surface area contributed by atoms with Crippen molar-refractivity contribution in [1.29, 1.82) is 0 Å². The summed E-state index contributed by atoms with van der Waals surface area (Å²) in [6.45, 7) is 8.33. The van der Waals surface area contributed by atoms with Crippen LogP contribution in [0.1, 0.15) is 45.4 Å². The molecule has 1 aromatic rings. The van der Waals surface area contributed by atoms with Gasteiger partial charge in [-0.05, 0) is 43.8 Å². The first-order valence-corrected chi connectivity index (χ1v) is 7.87. The zero-order valence-electron chi connectivity index (χ0n) is 13.2. The number of hydrogen-bond donors (Lipinski definition) is 1. The SMILES string of the molecule is CCCCN1CCCC(C)(Cc2nccc(NC)n2)C1. The molecule has 0 aliphatic carbocycles. The number of anilines is 1. The van der Waals surface area contributed by atoms with Crippen LogP contribution in [-0.4, -0.2) is 41.5 Å². The lowest BCUT2D eigenvalue weighted by atomic mass is 9.78. The van der Waals surface area contributed by atoms with E-state index in [0.717, 1.165) is 18.1 Å². The predicted molar refractivity (Wildman–Crippen MR) is 84.0 cm³/mol. The summed E-state index contributed by atoms with van der Waals surface area (Å²) in [6, 6.07) is 1.92. The summed E-state index contributed by atoms with van der Waals surface area (Å²) in [6.07, 6.45) is 8.00. The van der Waals surface area contributed by atoms with Crippen molar-refractivity contribution in [3.8, 4) is 0 Å². The molecule has 0 aromatic carbocycles. The van der Waals surface area contributed by atoms with Crippen molar-refractivity contribution in [2.75, 3.05) is 32.0 Å². The van der Waals surface area contributed by atoms with Crippen LogP contribution in [0.25, 0.3) is 0 Å². The molecule has 4 heteroatoms. The topological polar surface area (TPSA) is 41.1 Å². The molecule has 0 radical (unpaired) electrons. The number of likely N-dealkylation sites (tertiary alicyclic amines) is 1. The highest BCUT2D eigenvalue weighted by Gasteiger charge is 2.31. The zero-order valence-corrected chi connectivity index (χ0v) is 13.2. The summed E-state index contributed by atoms with van der Waals surface area (Å²) >= 11 is 0. The average molecular weight is 276 g/mol.